The van der Waals surface area contributed by atoms with Gasteiger partial charge in [-0.05, 0) is 19.4 Å². The van der Waals surface area contributed by atoms with E-state index in [0.29, 0.717) is 5.04 Å². The topological polar surface area (TPSA) is 24.7 Å². The normalized spacial score (nSPS) is 10.3. The number of rotatable bonds is 2. The van der Waals surface area contributed by atoms with Crippen molar-refractivity contribution in [3.63, 3.8) is 0 Å². The van der Waals surface area contributed by atoms with Crippen molar-refractivity contribution in [1.29, 1.82) is 0 Å². The first kappa shape index (κ1) is 13.8. The van der Waals surface area contributed by atoms with Crippen molar-refractivity contribution in [3.8, 4) is 0 Å². The Morgan fingerprint density at radius 2 is 1.64 bits per heavy atom. The Labute approximate surface area is 112 Å². The molecule has 2 nitrogen and oxygen atoms in total. The molecule has 68 valence electrons. The molecule has 0 heterocycles. The molecule has 1 aromatic carbocycles. The van der Waals surface area contributed by atoms with Crippen LogP contribution in [0.4, 0.5) is 0 Å². The van der Waals surface area contributed by atoms with Crippen molar-refractivity contribution < 1.29 is 29.6 Å². The summed E-state index contributed by atoms with van der Waals surface area (Å²) >= 11 is 5.07. The van der Waals surface area contributed by atoms with Gasteiger partial charge in [0.05, 0.1) is 0 Å². The maximum Gasteiger partial charge on any atom is 1.00 e. The average Bonchev–Trinajstić information content (AvgIpc) is 2.15. The molecule has 0 aliphatic heterocycles. The van der Waals surface area contributed by atoms with Crippen LogP contribution in [0.5, 0.6) is 0 Å². The molecule has 1 rings (SSSR count). The van der Waals surface area contributed by atoms with E-state index in [9.17, 15) is 0 Å². The van der Waals surface area contributed by atoms with Gasteiger partial charge in [-0.25, -0.2) is 0 Å². The van der Waals surface area contributed by atoms with E-state index in [0.717, 1.165) is 11.3 Å². The number of hydrogen-bond acceptors (Lipinski definition) is 3. The van der Waals surface area contributed by atoms with Gasteiger partial charge in [-0.15, -0.1) is 0 Å². The SMILES string of the molecule is CC(C)=N/N=C(\[S-])c1ccccc1.[Na+]. The summed E-state index contributed by atoms with van der Waals surface area (Å²) in [5, 5.41) is 8.34. The van der Waals surface area contributed by atoms with E-state index in [2.05, 4.69) is 10.2 Å². The van der Waals surface area contributed by atoms with Gasteiger partial charge >= 0.3 is 29.6 Å². The van der Waals surface area contributed by atoms with Gasteiger partial charge in [0.1, 0.15) is 0 Å². The predicted octanol–water partition coefficient (Wildman–Crippen LogP) is -0.620. The first-order chi connectivity index (χ1) is 6.20. The van der Waals surface area contributed by atoms with Gasteiger partial charge in [-0.1, -0.05) is 35.4 Å². The first-order valence-corrected chi connectivity index (χ1v) is 4.42. The van der Waals surface area contributed by atoms with Gasteiger partial charge in [0.2, 0.25) is 0 Å². The molecule has 14 heavy (non-hydrogen) atoms. The van der Waals surface area contributed by atoms with Crippen LogP contribution < -0.4 is 29.6 Å². The second-order valence-corrected chi connectivity index (χ2v) is 3.21. The summed E-state index contributed by atoms with van der Waals surface area (Å²) < 4.78 is 0. The summed E-state index contributed by atoms with van der Waals surface area (Å²) in [5.41, 5.74) is 1.83. The van der Waals surface area contributed by atoms with Crippen molar-refractivity contribution in [1.82, 2.24) is 0 Å². The first-order valence-electron chi connectivity index (χ1n) is 4.01. The quantitative estimate of drug-likeness (QED) is 0.212. The third-order valence-electron chi connectivity index (χ3n) is 1.36. The zero-order valence-corrected chi connectivity index (χ0v) is 11.5. The molecule has 0 saturated heterocycles. The molecule has 0 saturated carbocycles. The van der Waals surface area contributed by atoms with Gasteiger partial charge < -0.3 is 12.6 Å². The number of nitrogens with zero attached hydrogens (tertiary/aromatic N) is 2. The second-order valence-electron chi connectivity index (χ2n) is 2.82. The van der Waals surface area contributed by atoms with E-state index in [1.54, 1.807) is 0 Å². The fourth-order valence-electron chi connectivity index (χ4n) is 0.784. The van der Waals surface area contributed by atoms with Crippen LogP contribution in [0.25, 0.3) is 0 Å². The molecule has 0 aliphatic rings. The Hall–Kier alpha value is -0.220. The summed E-state index contributed by atoms with van der Waals surface area (Å²) in [6.07, 6.45) is 0. The molecule has 0 radical (unpaired) electrons. The predicted molar refractivity (Wildman–Crippen MR) is 59.1 cm³/mol. The van der Waals surface area contributed by atoms with E-state index in [-0.39, 0.29) is 29.6 Å². The van der Waals surface area contributed by atoms with Crippen LogP contribution in [0.15, 0.2) is 40.5 Å². The molecule has 0 unspecified atom stereocenters. The molecular formula is C10H11N2NaS. The van der Waals surface area contributed by atoms with Crippen LogP contribution in [0.1, 0.15) is 19.4 Å². The van der Waals surface area contributed by atoms with Gasteiger partial charge in [0, 0.05) is 5.71 Å². The van der Waals surface area contributed by atoms with E-state index >= 15 is 0 Å². The van der Waals surface area contributed by atoms with Crippen LogP contribution in [-0.2, 0) is 12.6 Å². The van der Waals surface area contributed by atoms with Crippen molar-refractivity contribution in [3.05, 3.63) is 35.9 Å². The molecule has 0 aromatic heterocycles. The van der Waals surface area contributed by atoms with E-state index in [4.69, 9.17) is 12.6 Å². The van der Waals surface area contributed by atoms with Crippen LogP contribution in [0.2, 0.25) is 0 Å². The molecule has 0 N–H and O–H groups in total. The summed E-state index contributed by atoms with van der Waals surface area (Å²) in [6, 6.07) is 9.65. The van der Waals surface area contributed by atoms with Crippen LogP contribution >= 0.6 is 0 Å². The largest absolute Gasteiger partial charge is 1.00 e. The Morgan fingerprint density at radius 1 is 1.07 bits per heavy atom. The molecule has 0 bridgehead atoms. The average molecular weight is 214 g/mol. The zero-order valence-electron chi connectivity index (χ0n) is 8.69. The van der Waals surface area contributed by atoms with Crippen molar-refractivity contribution >= 4 is 23.4 Å². The fourth-order valence-corrected chi connectivity index (χ4v) is 0.961. The van der Waals surface area contributed by atoms with Crippen molar-refractivity contribution in [2.45, 2.75) is 13.8 Å². The molecule has 0 amide bonds. The summed E-state index contributed by atoms with van der Waals surface area (Å²) in [6.45, 7) is 3.77. The monoisotopic (exact) mass is 214 g/mol. The minimum Gasteiger partial charge on any atom is -0.758 e. The molecule has 0 spiro atoms. The molecule has 0 fully saturated rings. The fraction of sp³-hybridized carbons (Fsp3) is 0.200. The van der Waals surface area contributed by atoms with Crippen LogP contribution in [0.3, 0.4) is 0 Å². The zero-order chi connectivity index (χ0) is 9.68. The van der Waals surface area contributed by atoms with Crippen molar-refractivity contribution in [2.24, 2.45) is 10.2 Å². The maximum atomic E-state index is 5.07. The molecule has 4 heteroatoms. The van der Waals surface area contributed by atoms with Crippen molar-refractivity contribution in [2.75, 3.05) is 0 Å². The van der Waals surface area contributed by atoms with E-state index in [1.807, 2.05) is 44.2 Å². The summed E-state index contributed by atoms with van der Waals surface area (Å²) in [5.74, 6) is 0. The third kappa shape index (κ3) is 4.86. The molecule has 0 aliphatic carbocycles. The van der Waals surface area contributed by atoms with Gasteiger partial charge in [0.15, 0.2) is 0 Å². The molecular weight excluding hydrogens is 203 g/mol. The summed E-state index contributed by atoms with van der Waals surface area (Å²) in [7, 11) is 0. The Kier molecular flexibility index (Phi) is 7.01. The molecule has 1 aromatic rings. The van der Waals surface area contributed by atoms with Gasteiger partial charge in [0.25, 0.3) is 0 Å². The number of benzene rings is 1. The maximum absolute atomic E-state index is 5.07. The van der Waals surface area contributed by atoms with Gasteiger partial charge in [-0.2, -0.15) is 10.2 Å². The Morgan fingerprint density at radius 3 is 2.14 bits per heavy atom. The van der Waals surface area contributed by atoms with Crippen LogP contribution in [-0.4, -0.2) is 10.8 Å². The smallest absolute Gasteiger partial charge is 0.758 e. The van der Waals surface area contributed by atoms with Crippen LogP contribution in [0, 0.1) is 0 Å². The Bertz CT molecular complexity index is 329. The van der Waals surface area contributed by atoms with Gasteiger partial charge in [-0.3, -0.25) is 0 Å². The second kappa shape index (κ2) is 7.12. The minimum absolute atomic E-state index is 0. The minimum atomic E-state index is 0. The number of hydrogen-bond donors (Lipinski definition) is 0. The van der Waals surface area contributed by atoms with E-state index in [1.165, 1.54) is 0 Å². The third-order valence-corrected chi connectivity index (χ3v) is 1.68. The Balaban J connectivity index is 0.00000169. The summed E-state index contributed by atoms with van der Waals surface area (Å²) in [4.78, 5) is 0. The van der Waals surface area contributed by atoms with E-state index < -0.39 is 0 Å². The molecule has 0 atom stereocenters. The standard InChI is InChI=1S/C10H12N2S.Na/c1-8(2)11-12-10(13)9-6-4-3-5-7-9;/h3-7H,1-2H3,(H,12,13);/q;+1/p-1.